The quantitative estimate of drug-likeness (QED) is 0.359. The van der Waals surface area contributed by atoms with Gasteiger partial charge in [-0.2, -0.15) is 10.4 Å². The Morgan fingerprint density at radius 2 is 2.24 bits per heavy atom. The third-order valence-electron chi connectivity index (χ3n) is 2.20. The number of thioether (sulfide) groups is 1. The fourth-order valence-electron chi connectivity index (χ4n) is 1.21. The van der Waals surface area contributed by atoms with Crippen molar-refractivity contribution in [2.24, 2.45) is 12.0 Å². The molecular weight excluding hydrogens is 234 g/mol. The van der Waals surface area contributed by atoms with Gasteiger partial charge in [0.05, 0.1) is 5.69 Å². The van der Waals surface area contributed by atoms with Gasteiger partial charge in [0, 0.05) is 18.5 Å². The van der Waals surface area contributed by atoms with Crippen LogP contribution in [0.2, 0.25) is 0 Å². The van der Waals surface area contributed by atoms with Gasteiger partial charge in [-0.15, -0.1) is 0 Å². The summed E-state index contributed by atoms with van der Waals surface area (Å²) in [7, 11) is 1.85. The molecule has 0 fully saturated rings. The summed E-state index contributed by atoms with van der Waals surface area (Å²) in [5.41, 5.74) is 0.976. The zero-order valence-electron chi connectivity index (χ0n) is 10.8. The van der Waals surface area contributed by atoms with E-state index in [4.69, 9.17) is 5.26 Å². The highest BCUT2D eigenvalue weighted by Crippen LogP contribution is 2.25. The summed E-state index contributed by atoms with van der Waals surface area (Å²) in [4.78, 5) is 4.35. The maximum absolute atomic E-state index is 8.57. The fourth-order valence-corrected chi connectivity index (χ4v) is 1.54. The first-order valence-corrected chi connectivity index (χ1v) is 6.43. The van der Waals surface area contributed by atoms with Crippen molar-refractivity contribution in [1.29, 1.82) is 5.26 Å². The lowest BCUT2D eigenvalue weighted by molar-refractivity contribution is 0.553. The van der Waals surface area contributed by atoms with Gasteiger partial charge in [0.25, 0.3) is 0 Å². The molecule has 0 aliphatic carbocycles. The molecule has 0 aromatic carbocycles. The van der Waals surface area contributed by atoms with Crippen LogP contribution in [0.25, 0.3) is 0 Å². The predicted octanol–water partition coefficient (Wildman–Crippen LogP) is 2.14. The fraction of sp³-hybridized carbons (Fsp3) is 0.545. The van der Waals surface area contributed by atoms with Gasteiger partial charge >= 0.3 is 0 Å². The number of aryl methyl sites for hydroxylation is 1. The Balaban J connectivity index is 3.08. The number of nitriles is 1. The predicted molar refractivity (Wildman–Crippen MR) is 71.3 cm³/mol. The molecule has 0 atom stereocenters. The summed E-state index contributed by atoms with van der Waals surface area (Å²) in [6, 6.07) is 1.94. The van der Waals surface area contributed by atoms with E-state index in [1.807, 2.05) is 25.6 Å². The van der Waals surface area contributed by atoms with E-state index in [2.05, 4.69) is 36.2 Å². The SMILES string of the molecule is CS/C(=N/c1cc(C(C)(C)C)nn1C)NC#N. The molecule has 0 aliphatic rings. The normalized spacial score (nSPS) is 12.4. The summed E-state index contributed by atoms with van der Waals surface area (Å²) in [6.45, 7) is 6.31. The molecule has 0 saturated heterocycles. The summed E-state index contributed by atoms with van der Waals surface area (Å²) < 4.78 is 1.72. The molecule has 0 bridgehead atoms. The van der Waals surface area contributed by atoms with Crippen molar-refractivity contribution in [3.05, 3.63) is 11.8 Å². The highest BCUT2D eigenvalue weighted by atomic mass is 32.2. The molecule has 0 aliphatic heterocycles. The molecule has 0 radical (unpaired) electrons. The number of hydrogen-bond donors (Lipinski definition) is 1. The van der Waals surface area contributed by atoms with Crippen molar-refractivity contribution >= 4 is 22.7 Å². The number of rotatable bonds is 1. The minimum Gasteiger partial charge on any atom is -0.271 e. The van der Waals surface area contributed by atoms with E-state index in [1.54, 1.807) is 4.68 Å². The van der Waals surface area contributed by atoms with Crippen molar-refractivity contribution in [3.63, 3.8) is 0 Å². The van der Waals surface area contributed by atoms with Gasteiger partial charge in [-0.3, -0.25) is 10.00 Å². The molecule has 17 heavy (non-hydrogen) atoms. The van der Waals surface area contributed by atoms with Crippen molar-refractivity contribution < 1.29 is 0 Å². The summed E-state index contributed by atoms with van der Waals surface area (Å²) in [5, 5.41) is 16.1. The lowest BCUT2D eigenvalue weighted by Crippen LogP contribution is -2.12. The van der Waals surface area contributed by atoms with Crippen LogP contribution in [-0.2, 0) is 12.5 Å². The van der Waals surface area contributed by atoms with E-state index < -0.39 is 0 Å². The van der Waals surface area contributed by atoms with Gasteiger partial charge in [0.15, 0.2) is 17.2 Å². The molecule has 1 aromatic rings. The van der Waals surface area contributed by atoms with Crippen LogP contribution in [-0.4, -0.2) is 21.2 Å². The second kappa shape index (κ2) is 5.23. The van der Waals surface area contributed by atoms with Crippen molar-refractivity contribution in [3.8, 4) is 6.19 Å². The van der Waals surface area contributed by atoms with Gasteiger partial charge in [-0.25, -0.2) is 4.99 Å². The van der Waals surface area contributed by atoms with Crippen LogP contribution in [0.1, 0.15) is 26.5 Å². The zero-order chi connectivity index (χ0) is 13.1. The van der Waals surface area contributed by atoms with Gasteiger partial charge < -0.3 is 0 Å². The Morgan fingerprint density at radius 1 is 1.59 bits per heavy atom. The second-order valence-electron chi connectivity index (χ2n) is 4.62. The Hall–Kier alpha value is -1.48. The first-order valence-electron chi connectivity index (χ1n) is 5.20. The van der Waals surface area contributed by atoms with Crippen molar-refractivity contribution in [2.45, 2.75) is 26.2 Å². The van der Waals surface area contributed by atoms with E-state index in [-0.39, 0.29) is 5.41 Å². The van der Waals surface area contributed by atoms with Crippen molar-refractivity contribution in [2.75, 3.05) is 6.26 Å². The topological polar surface area (TPSA) is 66.0 Å². The molecule has 0 amide bonds. The first-order chi connectivity index (χ1) is 7.88. The van der Waals surface area contributed by atoms with Gasteiger partial charge in [-0.1, -0.05) is 32.5 Å². The number of amidine groups is 1. The van der Waals surface area contributed by atoms with Gasteiger partial charge in [-0.05, 0) is 6.26 Å². The molecule has 1 aromatic heterocycles. The van der Waals surface area contributed by atoms with Crippen LogP contribution >= 0.6 is 11.8 Å². The maximum atomic E-state index is 8.57. The van der Waals surface area contributed by atoms with E-state index >= 15 is 0 Å². The van der Waals surface area contributed by atoms with E-state index in [0.29, 0.717) is 5.17 Å². The minimum absolute atomic E-state index is 0.00624. The zero-order valence-corrected chi connectivity index (χ0v) is 11.6. The highest BCUT2D eigenvalue weighted by molar-refractivity contribution is 8.13. The molecule has 92 valence electrons. The number of nitrogens with zero attached hydrogens (tertiary/aromatic N) is 4. The monoisotopic (exact) mass is 251 g/mol. The molecule has 5 nitrogen and oxygen atoms in total. The lowest BCUT2D eigenvalue weighted by Gasteiger charge is -2.13. The number of aliphatic imine (C=N–C) groups is 1. The molecular formula is C11H17N5S. The third-order valence-corrected chi connectivity index (χ3v) is 2.78. The standard InChI is InChI=1S/C11H17N5S/c1-11(2,3)8-6-9(16(4)15-8)14-10(17-5)13-7-12/h6H,1-5H3,(H,13,14). The molecule has 6 heteroatoms. The lowest BCUT2D eigenvalue weighted by atomic mass is 9.92. The summed E-state index contributed by atoms with van der Waals surface area (Å²) in [5.74, 6) is 0.738. The summed E-state index contributed by atoms with van der Waals surface area (Å²) >= 11 is 1.39. The Labute approximate surface area is 106 Å². The Morgan fingerprint density at radius 3 is 2.65 bits per heavy atom. The van der Waals surface area contributed by atoms with Gasteiger partial charge in [0.1, 0.15) is 0 Å². The van der Waals surface area contributed by atoms with E-state index in [0.717, 1.165) is 11.5 Å². The van der Waals surface area contributed by atoms with E-state index in [1.165, 1.54) is 11.8 Å². The molecule has 1 rings (SSSR count). The molecule has 0 unspecified atom stereocenters. The number of hydrogen-bond acceptors (Lipinski definition) is 4. The first kappa shape index (κ1) is 13.6. The molecule has 1 heterocycles. The highest BCUT2D eigenvalue weighted by Gasteiger charge is 2.18. The van der Waals surface area contributed by atoms with Crippen molar-refractivity contribution in [1.82, 2.24) is 15.1 Å². The summed E-state index contributed by atoms with van der Waals surface area (Å²) in [6.07, 6.45) is 3.73. The second-order valence-corrected chi connectivity index (χ2v) is 5.41. The van der Waals surface area contributed by atoms with Gasteiger partial charge in [0.2, 0.25) is 0 Å². The van der Waals surface area contributed by atoms with Crippen LogP contribution in [0.3, 0.4) is 0 Å². The smallest absolute Gasteiger partial charge is 0.183 e. The minimum atomic E-state index is -0.00624. The van der Waals surface area contributed by atoms with Crippen LogP contribution in [0.15, 0.2) is 11.1 Å². The third kappa shape index (κ3) is 3.49. The number of nitrogens with one attached hydrogen (secondary N) is 1. The maximum Gasteiger partial charge on any atom is 0.183 e. The largest absolute Gasteiger partial charge is 0.271 e. The molecule has 0 saturated carbocycles. The van der Waals surface area contributed by atoms with Crippen LogP contribution in [0.5, 0.6) is 0 Å². The van der Waals surface area contributed by atoms with Crippen LogP contribution in [0, 0.1) is 11.5 Å². The average Bonchev–Trinajstić information content (AvgIpc) is 2.59. The molecule has 0 spiro atoms. The van der Waals surface area contributed by atoms with E-state index in [9.17, 15) is 0 Å². The Bertz CT molecular complexity index is 461. The van der Waals surface area contributed by atoms with Crippen LogP contribution < -0.4 is 5.32 Å². The molecule has 1 N–H and O–H groups in total. The van der Waals surface area contributed by atoms with Crippen LogP contribution in [0.4, 0.5) is 5.82 Å². The number of aromatic nitrogens is 2. The Kier molecular flexibility index (Phi) is 4.18. The average molecular weight is 251 g/mol.